The minimum atomic E-state index is -10.7. The van der Waals surface area contributed by atoms with Gasteiger partial charge in [0.25, 0.3) is 0 Å². The van der Waals surface area contributed by atoms with Crippen LogP contribution in [-0.2, 0) is 0 Å². The molecule has 0 saturated carbocycles. The van der Waals surface area contributed by atoms with Gasteiger partial charge in [0.1, 0.15) is 0 Å². The SMILES string of the molecule is C=CC[P+](CCCCCCCC)(CCCCCCCC)CCCCCCCC.F[P-](F)(F)(F)(F)F. The monoisotopic (exact) mass is 556 g/mol. The summed E-state index contributed by atoms with van der Waals surface area (Å²) < 4.78 is 59.2. The van der Waals surface area contributed by atoms with Crippen LogP contribution in [0.15, 0.2) is 12.7 Å². The Morgan fingerprint density at radius 3 is 0.943 bits per heavy atom. The first-order chi connectivity index (χ1) is 16.2. The van der Waals surface area contributed by atoms with E-state index in [1.54, 1.807) is 18.5 Å². The topological polar surface area (TPSA) is 0 Å². The van der Waals surface area contributed by atoms with Gasteiger partial charge in [0.2, 0.25) is 0 Å². The van der Waals surface area contributed by atoms with E-state index in [0.717, 1.165) is 0 Å². The number of rotatable bonds is 23. The first-order valence-corrected chi connectivity index (χ1v) is 18.8. The zero-order valence-corrected chi connectivity index (χ0v) is 24.8. The van der Waals surface area contributed by atoms with Crippen molar-refractivity contribution in [1.29, 1.82) is 0 Å². The Kier molecular flexibility index (Phi) is 20.6. The van der Waals surface area contributed by atoms with Crippen molar-refractivity contribution in [1.82, 2.24) is 0 Å². The van der Waals surface area contributed by atoms with Crippen molar-refractivity contribution < 1.29 is 25.2 Å². The molecule has 35 heavy (non-hydrogen) atoms. The second kappa shape index (κ2) is 19.3. The molecule has 0 aromatic rings. The molecule has 8 heteroatoms. The van der Waals surface area contributed by atoms with Crippen molar-refractivity contribution in [2.75, 3.05) is 24.6 Å². The molecule has 0 atom stereocenters. The summed E-state index contributed by atoms with van der Waals surface area (Å²) in [5.74, 6) is 0. The van der Waals surface area contributed by atoms with E-state index in [0.29, 0.717) is 0 Å². The molecule has 0 bridgehead atoms. The first-order valence-electron chi connectivity index (χ1n) is 14.2. The van der Waals surface area contributed by atoms with Crippen molar-refractivity contribution >= 4 is 15.1 Å². The Labute approximate surface area is 214 Å². The van der Waals surface area contributed by atoms with E-state index < -0.39 is 15.1 Å². The summed E-state index contributed by atoms with van der Waals surface area (Å²) in [6.45, 7) is 11.1. The quantitative estimate of drug-likeness (QED) is 0.0508. The summed E-state index contributed by atoms with van der Waals surface area (Å²) >= 11 is 0. The Morgan fingerprint density at radius 2 is 0.714 bits per heavy atom. The van der Waals surface area contributed by atoms with Gasteiger partial charge in [-0.05, 0) is 38.5 Å². The van der Waals surface area contributed by atoms with Crippen LogP contribution >= 0.6 is 15.1 Å². The third-order valence-corrected chi connectivity index (χ3v) is 11.3. The predicted octanol–water partition coefficient (Wildman–Crippen LogP) is 13.7. The van der Waals surface area contributed by atoms with Crippen molar-refractivity contribution in [3.8, 4) is 0 Å². The summed E-state index contributed by atoms with van der Waals surface area (Å²) in [4.78, 5) is 0. The van der Waals surface area contributed by atoms with Gasteiger partial charge in [0, 0.05) is 7.26 Å². The maximum absolute atomic E-state index is 10.7. The maximum atomic E-state index is 9.87. The zero-order chi connectivity index (χ0) is 27.2. The third-order valence-electron chi connectivity index (χ3n) is 6.47. The molecule has 216 valence electrons. The third kappa shape index (κ3) is 36.4. The summed E-state index contributed by atoms with van der Waals surface area (Å²) in [5.41, 5.74) is 0. The van der Waals surface area contributed by atoms with Crippen LogP contribution in [0.25, 0.3) is 0 Å². The molecule has 0 aromatic carbocycles. The molecule has 0 aliphatic carbocycles. The summed E-state index contributed by atoms with van der Waals surface area (Å²) in [6, 6.07) is 0. The Balaban J connectivity index is 0. The number of unbranched alkanes of at least 4 members (excludes halogenated alkanes) is 15. The van der Waals surface area contributed by atoms with Crippen molar-refractivity contribution in [2.24, 2.45) is 0 Å². The Hall–Kier alpha value is 0.180. The van der Waals surface area contributed by atoms with Gasteiger partial charge < -0.3 is 0 Å². The van der Waals surface area contributed by atoms with Crippen LogP contribution < -0.4 is 0 Å². The van der Waals surface area contributed by atoms with Crippen LogP contribution in [-0.4, -0.2) is 24.6 Å². The molecule has 0 fully saturated rings. The molecule has 0 aromatic heterocycles. The van der Waals surface area contributed by atoms with Crippen molar-refractivity contribution in [2.45, 2.75) is 136 Å². The number of hydrogen-bond donors (Lipinski definition) is 0. The van der Waals surface area contributed by atoms with Gasteiger partial charge in [-0.2, -0.15) is 0 Å². The van der Waals surface area contributed by atoms with Gasteiger partial charge in [0.05, 0.1) is 24.6 Å². The van der Waals surface area contributed by atoms with E-state index in [2.05, 4.69) is 33.4 Å². The van der Waals surface area contributed by atoms with Crippen molar-refractivity contribution in [3.63, 3.8) is 0 Å². The fraction of sp³-hybridized carbons (Fsp3) is 0.926. The van der Waals surface area contributed by atoms with E-state index in [4.69, 9.17) is 0 Å². The number of halogens is 6. The summed E-state index contributed by atoms with van der Waals surface area (Å²) in [7, 11) is -11.4. The Bertz CT molecular complexity index is 438. The molecule has 0 spiro atoms. The standard InChI is InChI=1S/C27H56P.F6P/c1-5-9-12-15-18-21-25-28(24-8-4,26-22-19-16-13-10-6-2)27-23-20-17-14-11-7-3;1-7(2,3,4,5)6/h8H,4-7,9-27H2,1-3H3;/q+1;-1. The van der Waals surface area contributed by atoms with Crippen LogP contribution in [0.4, 0.5) is 25.2 Å². The molecule has 0 N–H and O–H groups in total. The van der Waals surface area contributed by atoms with Crippen LogP contribution in [0.1, 0.15) is 136 Å². The molecule has 0 nitrogen and oxygen atoms in total. The van der Waals surface area contributed by atoms with Gasteiger partial charge in [-0.3, -0.25) is 0 Å². The van der Waals surface area contributed by atoms with E-state index in [9.17, 15) is 25.2 Å². The predicted molar refractivity (Wildman–Crippen MR) is 150 cm³/mol. The molecule has 0 aliphatic heterocycles. The van der Waals surface area contributed by atoms with Crippen molar-refractivity contribution in [3.05, 3.63) is 12.7 Å². The van der Waals surface area contributed by atoms with Gasteiger partial charge in [-0.1, -0.05) is 110 Å². The van der Waals surface area contributed by atoms with Gasteiger partial charge in [0.15, 0.2) is 0 Å². The average molecular weight is 557 g/mol. The molecule has 0 heterocycles. The summed E-state index contributed by atoms with van der Waals surface area (Å²) in [5, 5.41) is 0. The average Bonchev–Trinajstić information content (AvgIpc) is 2.73. The molecule has 0 aliphatic rings. The van der Waals surface area contributed by atoms with Crippen LogP contribution in [0.3, 0.4) is 0 Å². The molecular weight excluding hydrogens is 500 g/mol. The Morgan fingerprint density at radius 1 is 0.486 bits per heavy atom. The van der Waals surface area contributed by atoms with Crippen LogP contribution in [0, 0.1) is 0 Å². The van der Waals surface area contributed by atoms with E-state index >= 15 is 0 Å². The normalized spacial score (nSPS) is 14.1. The van der Waals surface area contributed by atoms with E-state index in [1.807, 2.05) is 0 Å². The molecule has 0 amide bonds. The van der Waals surface area contributed by atoms with E-state index in [1.165, 1.54) is 122 Å². The zero-order valence-electron chi connectivity index (χ0n) is 23.0. The molecule has 0 radical (unpaired) electrons. The fourth-order valence-electron chi connectivity index (χ4n) is 4.57. The second-order valence-electron chi connectivity index (χ2n) is 10.2. The number of hydrogen-bond acceptors (Lipinski definition) is 0. The number of allylic oxidation sites excluding steroid dienone is 1. The van der Waals surface area contributed by atoms with E-state index in [-0.39, 0.29) is 0 Å². The summed E-state index contributed by atoms with van der Waals surface area (Å²) in [6.07, 6.45) is 34.4. The fourth-order valence-corrected chi connectivity index (χ4v) is 9.02. The molecular formula is C27H56F6P2. The van der Waals surface area contributed by atoms with Crippen LogP contribution in [0.5, 0.6) is 0 Å². The van der Waals surface area contributed by atoms with Gasteiger partial charge >= 0.3 is 33.0 Å². The molecule has 0 rings (SSSR count). The minimum absolute atomic E-state index is 0.781. The van der Waals surface area contributed by atoms with Gasteiger partial charge in [-0.25, -0.2) is 0 Å². The van der Waals surface area contributed by atoms with Gasteiger partial charge in [-0.15, -0.1) is 0 Å². The van der Waals surface area contributed by atoms with Crippen LogP contribution in [0.2, 0.25) is 0 Å². The second-order valence-corrected chi connectivity index (χ2v) is 16.6. The first kappa shape index (κ1) is 37.3. The molecule has 0 unspecified atom stereocenters. The molecule has 0 saturated heterocycles.